The molecule has 0 spiro atoms. The molecule has 27 heavy (non-hydrogen) atoms. The third-order valence-electron chi connectivity index (χ3n) is 3.87. The van der Waals surface area contributed by atoms with Gasteiger partial charge in [-0.2, -0.15) is 5.10 Å². The van der Waals surface area contributed by atoms with Crippen LogP contribution in [-0.2, 0) is 4.79 Å². The van der Waals surface area contributed by atoms with Gasteiger partial charge in [0.2, 0.25) is 5.91 Å². The third kappa shape index (κ3) is 5.07. The SMILES string of the molecule is C/C(CC(=O)Nc1ccc2c(c1)OCCO2)=N\NC(=O)c1cccc(C)c1. The fourth-order valence-electron chi connectivity index (χ4n) is 2.60. The van der Waals surface area contributed by atoms with Crippen molar-refractivity contribution in [1.29, 1.82) is 0 Å². The molecule has 0 aromatic heterocycles. The predicted octanol–water partition coefficient (Wildman–Crippen LogP) is 2.90. The van der Waals surface area contributed by atoms with E-state index in [0.717, 1.165) is 5.56 Å². The van der Waals surface area contributed by atoms with Crippen molar-refractivity contribution in [2.75, 3.05) is 18.5 Å². The number of nitrogens with zero attached hydrogens (tertiary/aromatic N) is 1. The van der Waals surface area contributed by atoms with Gasteiger partial charge in [0.15, 0.2) is 11.5 Å². The summed E-state index contributed by atoms with van der Waals surface area (Å²) in [5, 5.41) is 6.78. The Morgan fingerprint density at radius 2 is 1.85 bits per heavy atom. The van der Waals surface area contributed by atoms with Gasteiger partial charge < -0.3 is 14.8 Å². The fraction of sp³-hybridized carbons (Fsp3) is 0.250. The van der Waals surface area contributed by atoms with Crippen LogP contribution in [-0.4, -0.2) is 30.7 Å². The van der Waals surface area contributed by atoms with E-state index in [4.69, 9.17) is 9.47 Å². The Hall–Kier alpha value is -3.35. The number of rotatable bonds is 5. The normalized spacial score (nSPS) is 13.0. The molecule has 2 amide bonds. The maximum absolute atomic E-state index is 12.2. The molecule has 0 radical (unpaired) electrons. The number of benzene rings is 2. The van der Waals surface area contributed by atoms with Gasteiger partial charge in [0.1, 0.15) is 13.2 Å². The molecule has 2 N–H and O–H groups in total. The summed E-state index contributed by atoms with van der Waals surface area (Å²) in [5.74, 6) is 0.716. The van der Waals surface area contributed by atoms with Gasteiger partial charge >= 0.3 is 0 Å². The maximum Gasteiger partial charge on any atom is 0.271 e. The van der Waals surface area contributed by atoms with Crippen LogP contribution in [0.1, 0.15) is 29.3 Å². The van der Waals surface area contributed by atoms with Gasteiger partial charge in [-0.15, -0.1) is 0 Å². The van der Waals surface area contributed by atoms with Crippen molar-refractivity contribution in [3.8, 4) is 11.5 Å². The predicted molar refractivity (Wildman–Crippen MR) is 102 cm³/mol. The molecule has 140 valence electrons. The number of anilines is 1. The first kappa shape index (κ1) is 18.4. The number of carbonyl (C=O) groups excluding carboxylic acids is 2. The Bertz CT molecular complexity index is 893. The summed E-state index contributed by atoms with van der Waals surface area (Å²) in [6.07, 6.45) is 0.0581. The van der Waals surface area contributed by atoms with Crippen molar-refractivity contribution in [2.24, 2.45) is 5.10 Å². The summed E-state index contributed by atoms with van der Waals surface area (Å²) < 4.78 is 10.9. The number of hydrogen-bond donors (Lipinski definition) is 2. The molecule has 0 aliphatic carbocycles. The van der Waals surface area contributed by atoms with Crippen LogP contribution >= 0.6 is 0 Å². The van der Waals surface area contributed by atoms with Crippen LogP contribution in [0.3, 0.4) is 0 Å². The summed E-state index contributed by atoms with van der Waals surface area (Å²) >= 11 is 0. The fourth-order valence-corrected chi connectivity index (χ4v) is 2.60. The Kier molecular flexibility index (Phi) is 5.71. The highest BCUT2D eigenvalue weighted by molar-refractivity contribution is 6.06. The van der Waals surface area contributed by atoms with Gasteiger partial charge in [-0.25, -0.2) is 5.43 Å². The van der Waals surface area contributed by atoms with Crippen LogP contribution < -0.4 is 20.2 Å². The van der Waals surface area contributed by atoms with Crippen LogP contribution in [0.2, 0.25) is 0 Å². The zero-order valence-electron chi connectivity index (χ0n) is 15.2. The van der Waals surface area contributed by atoms with E-state index < -0.39 is 0 Å². The minimum Gasteiger partial charge on any atom is -0.486 e. The number of fused-ring (bicyclic) bond motifs is 1. The zero-order valence-corrected chi connectivity index (χ0v) is 15.2. The highest BCUT2D eigenvalue weighted by Crippen LogP contribution is 2.32. The van der Waals surface area contributed by atoms with Crippen LogP contribution in [0.4, 0.5) is 5.69 Å². The second-order valence-electron chi connectivity index (χ2n) is 6.24. The number of hydrogen-bond acceptors (Lipinski definition) is 5. The molecule has 1 aliphatic rings. The Morgan fingerprint density at radius 3 is 2.63 bits per heavy atom. The van der Waals surface area contributed by atoms with E-state index in [-0.39, 0.29) is 18.2 Å². The van der Waals surface area contributed by atoms with E-state index in [1.807, 2.05) is 19.1 Å². The van der Waals surface area contributed by atoms with Crippen molar-refractivity contribution >= 4 is 23.2 Å². The summed E-state index contributed by atoms with van der Waals surface area (Å²) in [7, 11) is 0. The average molecular weight is 367 g/mol. The number of amides is 2. The first-order valence-electron chi connectivity index (χ1n) is 8.61. The molecule has 7 nitrogen and oxygen atoms in total. The standard InChI is InChI=1S/C20H21N3O4/c1-13-4-3-5-15(10-13)20(25)23-22-14(2)11-19(24)21-16-6-7-17-18(12-16)27-9-8-26-17/h3-7,10,12H,8-9,11H2,1-2H3,(H,21,24)(H,23,25)/b22-14+. The molecule has 7 heteroatoms. The molecule has 0 saturated carbocycles. The quantitative estimate of drug-likeness (QED) is 0.628. The van der Waals surface area contributed by atoms with Gasteiger partial charge in [0.25, 0.3) is 5.91 Å². The molecule has 2 aromatic carbocycles. The lowest BCUT2D eigenvalue weighted by Gasteiger charge is -2.19. The van der Waals surface area contributed by atoms with Gasteiger partial charge in [0, 0.05) is 23.0 Å². The highest BCUT2D eigenvalue weighted by Gasteiger charge is 2.13. The number of nitrogens with one attached hydrogen (secondary N) is 2. The summed E-state index contributed by atoms with van der Waals surface area (Å²) in [6, 6.07) is 12.4. The largest absolute Gasteiger partial charge is 0.486 e. The lowest BCUT2D eigenvalue weighted by Crippen LogP contribution is -2.21. The number of ether oxygens (including phenoxy) is 2. The molecule has 2 aromatic rings. The molecule has 1 aliphatic heterocycles. The Labute approximate surface area is 157 Å². The number of hydrazone groups is 1. The van der Waals surface area contributed by atoms with Crippen LogP contribution in [0.25, 0.3) is 0 Å². The van der Waals surface area contributed by atoms with Gasteiger partial charge in [-0.05, 0) is 38.1 Å². The molecule has 1 heterocycles. The lowest BCUT2D eigenvalue weighted by molar-refractivity contribution is -0.115. The first-order chi connectivity index (χ1) is 13.0. The number of carbonyl (C=O) groups is 2. The van der Waals surface area contributed by atoms with Gasteiger partial charge in [0.05, 0.1) is 6.42 Å². The third-order valence-corrected chi connectivity index (χ3v) is 3.87. The molecule has 0 fully saturated rings. The summed E-state index contributed by atoms with van der Waals surface area (Å²) in [6.45, 7) is 4.59. The van der Waals surface area contributed by atoms with Crippen LogP contribution in [0.5, 0.6) is 11.5 Å². The second kappa shape index (κ2) is 8.35. The number of aryl methyl sites for hydroxylation is 1. The van der Waals surface area contributed by atoms with E-state index in [9.17, 15) is 9.59 Å². The van der Waals surface area contributed by atoms with Gasteiger partial charge in [-0.1, -0.05) is 17.7 Å². The molecule has 0 saturated heterocycles. The molecule has 0 atom stereocenters. The monoisotopic (exact) mass is 367 g/mol. The topological polar surface area (TPSA) is 89.0 Å². The van der Waals surface area contributed by atoms with Crippen molar-refractivity contribution < 1.29 is 19.1 Å². The maximum atomic E-state index is 12.2. The summed E-state index contributed by atoms with van der Waals surface area (Å²) in [4.78, 5) is 24.2. The molecule has 3 rings (SSSR count). The van der Waals surface area contributed by atoms with E-state index in [2.05, 4.69) is 15.8 Å². The highest BCUT2D eigenvalue weighted by atomic mass is 16.6. The smallest absolute Gasteiger partial charge is 0.271 e. The molecular weight excluding hydrogens is 346 g/mol. The minimum absolute atomic E-state index is 0.0581. The van der Waals surface area contributed by atoms with E-state index >= 15 is 0 Å². The zero-order chi connectivity index (χ0) is 19.2. The van der Waals surface area contributed by atoms with Gasteiger partial charge in [-0.3, -0.25) is 9.59 Å². The van der Waals surface area contributed by atoms with E-state index in [0.29, 0.717) is 41.7 Å². The molecule has 0 bridgehead atoms. The van der Waals surface area contributed by atoms with Crippen molar-refractivity contribution in [3.05, 3.63) is 53.6 Å². The van der Waals surface area contributed by atoms with Crippen molar-refractivity contribution in [1.82, 2.24) is 5.43 Å². The molecular formula is C20H21N3O4. The van der Waals surface area contributed by atoms with Crippen LogP contribution in [0.15, 0.2) is 47.6 Å². The average Bonchev–Trinajstić information content (AvgIpc) is 2.66. The van der Waals surface area contributed by atoms with Crippen molar-refractivity contribution in [3.63, 3.8) is 0 Å². The Morgan fingerprint density at radius 1 is 1.07 bits per heavy atom. The van der Waals surface area contributed by atoms with Crippen LogP contribution in [0, 0.1) is 6.92 Å². The van der Waals surface area contributed by atoms with E-state index in [1.54, 1.807) is 37.3 Å². The first-order valence-corrected chi connectivity index (χ1v) is 8.61. The van der Waals surface area contributed by atoms with Crippen molar-refractivity contribution in [2.45, 2.75) is 20.3 Å². The van der Waals surface area contributed by atoms with E-state index in [1.165, 1.54) is 0 Å². The summed E-state index contributed by atoms with van der Waals surface area (Å²) in [5.41, 5.74) is 5.08. The second-order valence-corrected chi connectivity index (χ2v) is 6.24. The molecule has 0 unspecified atom stereocenters. The minimum atomic E-state index is -0.315. The Balaban J connectivity index is 1.54. The lowest BCUT2D eigenvalue weighted by atomic mass is 10.1.